The predicted octanol–water partition coefficient (Wildman–Crippen LogP) is 5.79. The predicted molar refractivity (Wildman–Crippen MR) is 129 cm³/mol. The summed E-state index contributed by atoms with van der Waals surface area (Å²) in [5.74, 6) is -0.701. The summed E-state index contributed by atoms with van der Waals surface area (Å²) >= 11 is 0. The number of hydrogen-bond acceptors (Lipinski definition) is 5. The fraction of sp³-hybridized carbons (Fsp3) is 0.296. The van der Waals surface area contributed by atoms with E-state index in [0.29, 0.717) is 29.7 Å². The maximum absolute atomic E-state index is 13.7. The normalized spacial score (nSPS) is 17.9. The van der Waals surface area contributed by atoms with Crippen molar-refractivity contribution in [2.75, 3.05) is 25.2 Å². The van der Waals surface area contributed by atoms with Crippen LogP contribution in [0, 0.1) is 11.3 Å². The number of nitrogens with zero attached hydrogens (tertiary/aromatic N) is 3. The van der Waals surface area contributed by atoms with Gasteiger partial charge in [-0.1, -0.05) is 12.1 Å². The summed E-state index contributed by atoms with van der Waals surface area (Å²) in [7, 11) is 1.47. The lowest BCUT2D eigenvalue weighted by Gasteiger charge is -2.41. The Balaban J connectivity index is 1.94. The van der Waals surface area contributed by atoms with Gasteiger partial charge in [0.05, 0.1) is 54.0 Å². The molecule has 0 spiro atoms. The minimum absolute atomic E-state index is 0.0311. The fourth-order valence-electron chi connectivity index (χ4n) is 4.61. The van der Waals surface area contributed by atoms with Gasteiger partial charge < -0.3 is 14.4 Å². The highest BCUT2D eigenvalue weighted by molar-refractivity contribution is 6.03. The molecule has 7 nitrogen and oxygen atoms in total. The second-order valence-electron chi connectivity index (χ2n) is 8.58. The van der Waals surface area contributed by atoms with E-state index < -0.39 is 29.8 Å². The third kappa shape index (κ3) is 4.77. The number of esters is 1. The molecule has 2 aromatic rings. The molecule has 10 heteroatoms. The molecule has 0 N–H and O–H groups in total. The maximum atomic E-state index is 13.7. The summed E-state index contributed by atoms with van der Waals surface area (Å²) in [6, 6.07) is 9.86. The molecule has 4 rings (SSSR count). The Hall–Kier alpha value is -4.26. The summed E-state index contributed by atoms with van der Waals surface area (Å²) in [6.07, 6.45) is -2.46. The van der Waals surface area contributed by atoms with Crippen LogP contribution in [0.1, 0.15) is 48.6 Å². The zero-order valence-corrected chi connectivity index (χ0v) is 20.4. The van der Waals surface area contributed by atoms with Crippen molar-refractivity contribution in [2.24, 2.45) is 0 Å². The Morgan fingerprint density at radius 1 is 1.24 bits per heavy atom. The largest absolute Gasteiger partial charge is 0.501 e. The molecule has 0 saturated heterocycles. The number of amides is 2. The Bertz CT molecular complexity index is 1360. The van der Waals surface area contributed by atoms with Crippen LogP contribution in [-0.2, 0) is 20.4 Å². The van der Waals surface area contributed by atoms with Gasteiger partial charge in [-0.2, -0.15) is 18.4 Å². The van der Waals surface area contributed by atoms with Crippen LogP contribution in [0.4, 0.5) is 23.7 Å². The highest BCUT2D eigenvalue weighted by Gasteiger charge is 2.43. The van der Waals surface area contributed by atoms with Crippen LogP contribution < -0.4 is 4.90 Å². The van der Waals surface area contributed by atoms with Gasteiger partial charge in [0.25, 0.3) is 0 Å². The highest BCUT2D eigenvalue weighted by atomic mass is 19.4. The van der Waals surface area contributed by atoms with Crippen molar-refractivity contribution in [1.29, 1.82) is 5.26 Å². The van der Waals surface area contributed by atoms with Gasteiger partial charge in [-0.15, -0.1) is 0 Å². The van der Waals surface area contributed by atoms with E-state index in [1.165, 1.54) is 31.0 Å². The molecular weight excluding hydrogens is 487 g/mol. The van der Waals surface area contributed by atoms with Crippen LogP contribution in [0.3, 0.4) is 0 Å². The van der Waals surface area contributed by atoms with Crippen molar-refractivity contribution in [3.8, 4) is 6.07 Å². The number of halogens is 3. The van der Waals surface area contributed by atoms with Crippen LogP contribution in [0.25, 0.3) is 5.57 Å². The molecule has 2 heterocycles. The number of ether oxygens (including phenoxy) is 2. The molecule has 0 saturated carbocycles. The van der Waals surface area contributed by atoms with E-state index in [1.54, 1.807) is 31.4 Å². The van der Waals surface area contributed by atoms with Crippen LogP contribution in [0.15, 0.2) is 60.0 Å². The van der Waals surface area contributed by atoms with Gasteiger partial charge in [0, 0.05) is 19.2 Å². The lowest BCUT2D eigenvalue weighted by Crippen LogP contribution is -2.49. The first kappa shape index (κ1) is 25.8. The maximum Gasteiger partial charge on any atom is 0.416 e. The number of urea groups is 1. The number of allylic oxidation sites excluding steroid dienone is 1. The lowest BCUT2D eigenvalue weighted by molar-refractivity contribution is -0.139. The summed E-state index contributed by atoms with van der Waals surface area (Å²) in [5.41, 5.74) is 1.70. The fourth-order valence-corrected chi connectivity index (χ4v) is 4.61. The Morgan fingerprint density at radius 3 is 2.62 bits per heavy atom. The molecule has 0 bridgehead atoms. The van der Waals surface area contributed by atoms with Crippen molar-refractivity contribution in [3.63, 3.8) is 0 Å². The van der Waals surface area contributed by atoms with Crippen molar-refractivity contribution in [2.45, 2.75) is 32.5 Å². The van der Waals surface area contributed by atoms with Gasteiger partial charge in [-0.05, 0) is 60.9 Å². The van der Waals surface area contributed by atoms with Gasteiger partial charge in [-0.25, -0.2) is 9.59 Å². The topological polar surface area (TPSA) is 82.9 Å². The Kier molecular flexibility index (Phi) is 6.99. The second kappa shape index (κ2) is 10.0. The molecule has 0 aliphatic carbocycles. The molecule has 37 heavy (non-hydrogen) atoms. The molecule has 1 unspecified atom stereocenters. The number of hydrogen-bond donors (Lipinski definition) is 0. The lowest BCUT2D eigenvalue weighted by atomic mass is 9.86. The first-order chi connectivity index (χ1) is 17.6. The summed E-state index contributed by atoms with van der Waals surface area (Å²) in [5, 5.41) is 9.46. The minimum atomic E-state index is -4.61. The highest BCUT2D eigenvalue weighted by Crippen LogP contribution is 2.43. The summed E-state index contributed by atoms with van der Waals surface area (Å²) in [6.45, 7) is 3.65. The number of rotatable bonds is 5. The first-order valence-corrected chi connectivity index (χ1v) is 11.6. The van der Waals surface area contributed by atoms with E-state index in [2.05, 4.69) is 6.07 Å². The molecular formula is C27H24F3N3O4. The third-order valence-corrected chi connectivity index (χ3v) is 6.34. The quantitative estimate of drug-likeness (QED) is 0.475. The molecule has 192 valence electrons. The zero-order chi connectivity index (χ0) is 26.9. The molecule has 2 amide bonds. The minimum Gasteiger partial charge on any atom is -0.501 e. The van der Waals surface area contributed by atoms with Crippen molar-refractivity contribution in [3.05, 3.63) is 82.3 Å². The van der Waals surface area contributed by atoms with E-state index in [1.807, 2.05) is 0 Å². The SMILES string of the molecule is CCOC(=O)C1=C(C)N(c2cccc(C(F)(F)F)c2)C(=O)N(C)C1c1ccc(C#N)cc1C1=COCC1. The second-order valence-corrected chi connectivity index (χ2v) is 8.58. The van der Waals surface area contributed by atoms with E-state index in [0.717, 1.165) is 22.6 Å². The number of carbonyl (C=O) groups is 2. The first-order valence-electron chi connectivity index (χ1n) is 11.6. The van der Waals surface area contributed by atoms with Crippen molar-refractivity contribution < 1.29 is 32.2 Å². The average molecular weight is 512 g/mol. The molecule has 1 atom stereocenters. The van der Waals surface area contributed by atoms with Crippen LogP contribution in [0.2, 0.25) is 0 Å². The number of alkyl halides is 3. The van der Waals surface area contributed by atoms with E-state index >= 15 is 0 Å². The Morgan fingerprint density at radius 2 is 2.00 bits per heavy atom. The standard InChI is InChI=1S/C27H24F3N3O4/c1-4-37-25(34)23-16(2)33(20-7-5-6-19(13-20)27(28,29)30)26(35)32(3)24(23)21-9-8-17(14-31)12-22(21)18-10-11-36-15-18/h5-9,12-13,15,24H,4,10-11H2,1-3H3. The van der Waals surface area contributed by atoms with Crippen LogP contribution in [0.5, 0.6) is 0 Å². The summed E-state index contributed by atoms with van der Waals surface area (Å²) < 4.78 is 51.0. The van der Waals surface area contributed by atoms with Gasteiger partial charge in [0.2, 0.25) is 0 Å². The van der Waals surface area contributed by atoms with Gasteiger partial charge >= 0.3 is 18.2 Å². The average Bonchev–Trinajstić information content (AvgIpc) is 3.40. The number of benzene rings is 2. The van der Waals surface area contributed by atoms with E-state index in [9.17, 15) is 28.0 Å². The van der Waals surface area contributed by atoms with Crippen molar-refractivity contribution in [1.82, 2.24) is 4.90 Å². The number of carbonyl (C=O) groups excluding carboxylic acids is 2. The number of nitriles is 1. The molecule has 0 fully saturated rings. The molecule has 2 aliphatic rings. The van der Waals surface area contributed by atoms with E-state index in [-0.39, 0.29) is 23.6 Å². The molecule has 0 radical (unpaired) electrons. The smallest absolute Gasteiger partial charge is 0.416 e. The Labute approximate surface area is 212 Å². The van der Waals surface area contributed by atoms with Crippen LogP contribution in [-0.4, -0.2) is 37.2 Å². The monoisotopic (exact) mass is 511 g/mol. The van der Waals surface area contributed by atoms with Gasteiger partial charge in [0.1, 0.15) is 0 Å². The summed E-state index contributed by atoms with van der Waals surface area (Å²) in [4.78, 5) is 29.3. The van der Waals surface area contributed by atoms with Crippen molar-refractivity contribution >= 4 is 23.3 Å². The molecule has 0 aromatic heterocycles. The van der Waals surface area contributed by atoms with Gasteiger partial charge in [0.15, 0.2) is 0 Å². The zero-order valence-electron chi connectivity index (χ0n) is 20.4. The third-order valence-electron chi connectivity index (χ3n) is 6.34. The number of likely N-dealkylation sites (N-methyl/N-ethyl adjacent to an activating group) is 1. The molecule has 2 aromatic carbocycles. The van der Waals surface area contributed by atoms with Gasteiger partial charge in [-0.3, -0.25) is 4.90 Å². The van der Waals surface area contributed by atoms with E-state index in [4.69, 9.17) is 9.47 Å². The van der Waals surface area contributed by atoms with Crippen LogP contribution >= 0.6 is 0 Å². The molecule has 2 aliphatic heterocycles. The number of anilines is 1.